The first-order valence-electron chi connectivity index (χ1n) is 8.91. The molecule has 4 rings (SSSR count). The highest BCUT2D eigenvalue weighted by Crippen LogP contribution is 2.49. The molecule has 1 N–H and O–H groups in total. The Kier molecular flexibility index (Phi) is 4.13. The molecule has 25 heavy (non-hydrogen) atoms. The number of nitrogens with one attached hydrogen (secondary N) is 1. The molecule has 1 aromatic carbocycles. The van der Waals surface area contributed by atoms with Crippen molar-refractivity contribution < 1.29 is 17.9 Å². The molecule has 1 aromatic rings. The average Bonchev–Trinajstić information content (AvgIpc) is 3.34. The Labute approximate surface area is 148 Å². The van der Waals surface area contributed by atoms with E-state index in [1.807, 2.05) is 0 Å². The lowest BCUT2D eigenvalue weighted by Crippen LogP contribution is -2.39. The number of hydrogen-bond donors (Lipinski definition) is 1. The van der Waals surface area contributed by atoms with Crippen molar-refractivity contribution in [1.29, 1.82) is 0 Å². The highest BCUT2D eigenvalue weighted by atomic mass is 32.2. The van der Waals surface area contributed by atoms with E-state index in [2.05, 4.69) is 5.32 Å². The lowest BCUT2D eigenvalue weighted by Gasteiger charge is -2.24. The van der Waals surface area contributed by atoms with Crippen LogP contribution in [0.4, 0.5) is 0 Å². The fraction of sp³-hybridized carbons (Fsp3) is 0.611. The van der Waals surface area contributed by atoms with Crippen LogP contribution in [0, 0.1) is 0 Å². The number of carbonyl (C=O) groups is 1. The maximum absolute atomic E-state index is 13.0. The minimum absolute atomic E-state index is 0.238. The molecule has 6 nitrogen and oxygen atoms in total. The van der Waals surface area contributed by atoms with Crippen molar-refractivity contribution in [1.82, 2.24) is 9.62 Å². The predicted octanol–water partition coefficient (Wildman–Crippen LogP) is 1.41. The van der Waals surface area contributed by atoms with Crippen LogP contribution < -0.4 is 5.32 Å². The van der Waals surface area contributed by atoms with Crippen LogP contribution in [0.1, 0.15) is 37.7 Å². The van der Waals surface area contributed by atoms with Gasteiger partial charge in [0.05, 0.1) is 17.4 Å². The molecule has 1 saturated carbocycles. The molecule has 2 heterocycles. The first-order valence-corrected chi connectivity index (χ1v) is 10.3. The second kappa shape index (κ2) is 6.07. The van der Waals surface area contributed by atoms with Crippen molar-refractivity contribution in [2.24, 2.45) is 0 Å². The molecule has 2 atom stereocenters. The van der Waals surface area contributed by atoms with Crippen LogP contribution in [0.15, 0.2) is 29.2 Å². The summed E-state index contributed by atoms with van der Waals surface area (Å²) in [6.45, 7) is 1.09. The number of rotatable bonds is 4. The molecule has 2 bridgehead atoms. The van der Waals surface area contributed by atoms with Crippen molar-refractivity contribution >= 4 is 16.0 Å². The number of ether oxygens (including phenoxy) is 1. The smallest absolute Gasteiger partial charge is 0.316 e. The number of carbonyl (C=O) groups excluding carboxylic acids is 1. The molecule has 2 unspecified atom stereocenters. The van der Waals surface area contributed by atoms with E-state index in [-0.39, 0.29) is 12.0 Å². The average molecular weight is 364 g/mol. The first kappa shape index (κ1) is 17.0. The van der Waals surface area contributed by atoms with E-state index in [4.69, 9.17) is 4.74 Å². The molecular formula is C18H24N2O4S. The predicted molar refractivity (Wildman–Crippen MR) is 92.7 cm³/mol. The van der Waals surface area contributed by atoms with Gasteiger partial charge in [0.1, 0.15) is 0 Å². The maximum Gasteiger partial charge on any atom is 0.316 e. The fourth-order valence-electron chi connectivity index (χ4n) is 4.16. The summed E-state index contributed by atoms with van der Waals surface area (Å²) in [6, 6.07) is 7.49. The van der Waals surface area contributed by atoms with Crippen molar-refractivity contribution in [3.05, 3.63) is 29.8 Å². The summed E-state index contributed by atoms with van der Waals surface area (Å²) in [4.78, 5) is 12.3. The summed E-state index contributed by atoms with van der Waals surface area (Å²) in [5.41, 5.74) is 0.276. The van der Waals surface area contributed by atoms with E-state index in [0.29, 0.717) is 24.0 Å². The number of nitrogens with zero attached hydrogens (tertiary/aromatic N) is 1. The summed E-state index contributed by atoms with van der Waals surface area (Å²) in [5, 5.41) is 3.51. The SMILES string of the molecule is COC(=O)C1(c2ccc(S(=O)(=O)N3CCC4CCC(C3)N4)cc2)CC1. The van der Waals surface area contributed by atoms with Crippen LogP contribution in [-0.2, 0) is 25.0 Å². The fourth-order valence-corrected chi connectivity index (χ4v) is 5.66. The lowest BCUT2D eigenvalue weighted by molar-refractivity contribution is -0.143. The van der Waals surface area contributed by atoms with Crippen LogP contribution in [0.3, 0.4) is 0 Å². The summed E-state index contributed by atoms with van der Waals surface area (Å²) in [6.07, 6.45) is 4.55. The maximum atomic E-state index is 13.0. The van der Waals surface area contributed by atoms with Crippen molar-refractivity contribution in [3.63, 3.8) is 0 Å². The topological polar surface area (TPSA) is 75.7 Å². The van der Waals surface area contributed by atoms with Crippen LogP contribution in [0.25, 0.3) is 0 Å². The van der Waals surface area contributed by atoms with Crippen LogP contribution in [0.2, 0.25) is 0 Å². The molecule has 0 amide bonds. The summed E-state index contributed by atoms with van der Waals surface area (Å²) in [7, 11) is -2.11. The summed E-state index contributed by atoms with van der Waals surface area (Å²) in [5.74, 6) is -0.238. The van der Waals surface area contributed by atoms with E-state index in [0.717, 1.165) is 37.7 Å². The van der Waals surface area contributed by atoms with Gasteiger partial charge < -0.3 is 10.1 Å². The van der Waals surface area contributed by atoms with Gasteiger partial charge in [-0.2, -0.15) is 4.31 Å². The monoisotopic (exact) mass is 364 g/mol. The molecule has 136 valence electrons. The minimum atomic E-state index is -3.50. The normalized spacial score (nSPS) is 28.4. The number of fused-ring (bicyclic) bond motifs is 2. The zero-order valence-corrected chi connectivity index (χ0v) is 15.2. The quantitative estimate of drug-likeness (QED) is 0.818. The third-order valence-electron chi connectivity index (χ3n) is 5.86. The zero-order valence-electron chi connectivity index (χ0n) is 14.4. The Balaban J connectivity index is 1.56. The molecule has 2 aliphatic heterocycles. The lowest BCUT2D eigenvalue weighted by atomic mass is 9.96. The number of sulfonamides is 1. The molecule has 0 radical (unpaired) electrons. The van der Waals surface area contributed by atoms with E-state index in [1.54, 1.807) is 28.6 Å². The van der Waals surface area contributed by atoms with Gasteiger partial charge in [0.15, 0.2) is 0 Å². The zero-order chi connectivity index (χ0) is 17.7. The molecule has 7 heteroatoms. The molecule has 1 aliphatic carbocycles. The third-order valence-corrected chi connectivity index (χ3v) is 7.74. The highest BCUT2D eigenvalue weighted by molar-refractivity contribution is 7.89. The summed E-state index contributed by atoms with van der Waals surface area (Å²) >= 11 is 0. The molecule has 0 spiro atoms. The highest BCUT2D eigenvalue weighted by Gasteiger charge is 2.52. The van der Waals surface area contributed by atoms with Crippen molar-refractivity contribution in [2.45, 2.75) is 54.5 Å². The molecule has 3 aliphatic rings. The van der Waals surface area contributed by atoms with Crippen LogP contribution >= 0.6 is 0 Å². The Bertz CT molecular complexity index is 771. The van der Waals surface area contributed by atoms with Gasteiger partial charge in [0, 0.05) is 25.2 Å². The van der Waals surface area contributed by atoms with Gasteiger partial charge in [-0.25, -0.2) is 8.42 Å². The Morgan fingerprint density at radius 1 is 1.16 bits per heavy atom. The number of hydrogen-bond acceptors (Lipinski definition) is 5. The largest absolute Gasteiger partial charge is 0.468 e. The van der Waals surface area contributed by atoms with Crippen LogP contribution in [-0.4, -0.2) is 51.0 Å². The molecule has 2 saturated heterocycles. The van der Waals surface area contributed by atoms with Gasteiger partial charge >= 0.3 is 5.97 Å². The van der Waals surface area contributed by atoms with Gasteiger partial charge in [0.25, 0.3) is 0 Å². The van der Waals surface area contributed by atoms with E-state index in [9.17, 15) is 13.2 Å². The molecule has 3 fully saturated rings. The first-order chi connectivity index (χ1) is 12.0. The van der Waals surface area contributed by atoms with E-state index < -0.39 is 15.4 Å². The van der Waals surface area contributed by atoms with Gasteiger partial charge in [-0.1, -0.05) is 12.1 Å². The number of benzene rings is 1. The number of esters is 1. The van der Waals surface area contributed by atoms with Crippen molar-refractivity contribution in [3.8, 4) is 0 Å². The van der Waals surface area contributed by atoms with Gasteiger partial charge in [-0.3, -0.25) is 4.79 Å². The summed E-state index contributed by atoms with van der Waals surface area (Å²) < 4.78 is 32.5. The third kappa shape index (κ3) is 2.88. The van der Waals surface area contributed by atoms with Gasteiger partial charge in [0.2, 0.25) is 10.0 Å². The van der Waals surface area contributed by atoms with Crippen LogP contribution in [0.5, 0.6) is 0 Å². The minimum Gasteiger partial charge on any atom is -0.468 e. The second-order valence-electron chi connectivity index (χ2n) is 7.39. The Morgan fingerprint density at radius 2 is 1.84 bits per heavy atom. The Morgan fingerprint density at radius 3 is 2.48 bits per heavy atom. The van der Waals surface area contributed by atoms with Gasteiger partial charge in [-0.15, -0.1) is 0 Å². The standard InChI is InChI=1S/C18H24N2O4S/c1-24-17(21)18(9-10-18)13-2-6-16(7-3-13)25(22,23)20-11-8-14-4-5-15(12-20)19-14/h2-3,6-7,14-15,19H,4-5,8-12H2,1H3. The Hall–Kier alpha value is -1.44. The van der Waals surface area contributed by atoms with Crippen molar-refractivity contribution in [2.75, 3.05) is 20.2 Å². The molecule has 0 aromatic heterocycles. The number of methoxy groups -OCH3 is 1. The van der Waals surface area contributed by atoms with E-state index in [1.165, 1.54) is 7.11 Å². The second-order valence-corrected chi connectivity index (χ2v) is 9.33. The van der Waals surface area contributed by atoms with E-state index >= 15 is 0 Å². The molecular weight excluding hydrogens is 340 g/mol. The van der Waals surface area contributed by atoms with Gasteiger partial charge in [-0.05, 0) is 49.8 Å².